The molecule has 1 unspecified atom stereocenters. The molecule has 1 fully saturated rings. The van der Waals surface area contributed by atoms with Gasteiger partial charge in [-0.3, -0.25) is 15.0 Å². The average molecular weight is 691 g/mol. The second-order valence-electron chi connectivity index (χ2n) is 11.0. The van der Waals surface area contributed by atoms with Crippen LogP contribution in [0.3, 0.4) is 0 Å². The summed E-state index contributed by atoms with van der Waals surface area (Å²) in [6, 6.07) is 23.5. The molecule has 0 spiro atoms. The van der Waals surface area contributed by atoms with E-state index in [4.69, 9.17) is 16.3 Å². The van der Waals surface area contributed by atoms with Crippen molar-refractivity contribution in [2.45, 2.75) is 42.7 Å². The molecule has 0 N–H and O–H groups in total. The van der Waals surface area contributed by atoms with E-state index in [-0.39, 0.29) is 54.6 Å². The second kappa shape index (κ2) is 17.3. The van der Waals surface area contributed by atoms with E-state index in [1.54, 1.807) is 43.4 Å². The van der Waals surface area contributed by atoms with Gasteiger partial charge in [0.2, 0.25) is 10.0 Å². The van der Waals surface area contributed by atoms with Crippen LogP contribution >= 0.6 is 24.0 Å². The maximum absolute atomic E-state index is 13.2. The lowest BCUT2D eigenvalue weighted by Gasteiger charge is -2.37. The Morgan fingerprint density at radius 1 is 1.11 bits per heavy atom. The zero-order valence-electron chi connectivity index (χ0n) is 25.4. The summed E-state index contributed by atoms with van der Waals surface area (Å²) in [6.45, 7) is 2.22. The van der Waals surface area contributed by atoms with Gasteiger partial charge < -0.3 is 9.64 Å². The highest BCUT2D eigenvalue weighted by Gasteiger charge is 2.30. The number of benzene rings is 3. The van der Waals surface area contributed by atoms with E-state index >= 15 is 0 Å². The summed E-state index contributed by atoms with van der Waals surface area (Å²) in [5.41, 5.74) is 1.52. The van der Waals surface area contributed by atoms with Crippen LogP contribution in [0.1, 0.15) is 36.3 Å². The average Bonchev–Trinajstić information content (AvgIpc) is 3.05. The van der Waals surface area contributed by atoms with Gasteiger partial charge in [-0.05, 0) is 79.3 Å². The summed E-state index contributed by atoms with van der Waals surface area (Å²) < 4.78 is 33.3. The number of nitro benzene ring substituents is 1. The van der Waals surface area contributed by atoms with Crippen LogP contribution < -0.4 is 0 Å². The Hall–Kier alpha value is -3.73. The molecule has 0 bridgehead atoms. The SMILES string of the molecule is CN(CC(CCN1CCC(N(CC#N)C(=O)OCc2ccc([N+](=O)[O-])cc2)CC1)c1cccc(Cl)c1)S(=O)(=O)c1ccccc1.Cl. The van der Waals surface area contributed by atoms with Crippen LogP contribution in [0.15, 0.2) is 83.8 Å². The van der Waals surface area contributed by atoms with Gasteiger partial charge in [-0.1, -0.05) is 41.9 Å². The van der Waals surface area contributed by atoms with Gasteiger partial charge in [0.25, 0.3) is 5.69 Å². The summed E-state index contributed by atoms with van der Waals surface area (Å²) in [4.78, 5) is 27.3. The molecule has 11 nitrogen and oxygen atoms in total. The number of carbonyl (C=O) groups is 1. The maximum Gasteiger partial charge on any atom is 0.411 e. The van der Waals surface area contributed by atoms with Crippen molar-refractivity contribution in [2.24, 2.45) is 0 Å². The zero-order chi connectivity index (χ0) is 32.4. The van der Waals surface area contributed by atoms with E-state index in [0.717, 1.165) is 5.56 Å². The van der Waals surface area contributed by atoms with E-state index in [2.05, 4.69) is 11.0 Å². The molecule has 1 aliphatic rings. The van der Waals surface area contributed by atoms with Crippen LogP contribution in [-0.2, 0) is 21.4 Å². The van der Waals surface area contributed by atoms with Crippen molar-refractivity contribution < 1.29 is 22.9 Å². The molecule has 3 aromatic rings. The maximum atomic E-state index is 13.2. The monoisotopic (exact) mass is 689 g/mol. The third kappa shape index (κ3) is 9.88. The molecule has 3 aromatic carbocycles. The first-order valence-corrected chi connectivity index (χ1v) is 16.4. The highest BCUT2D eigenvalue weighted by Crippen LogP contribution is 2.27. The van der Waals surface area contributed by atoms with Crippen molar-refractivity contribution in [3.63, 3.8) is 0 Å². The third-order valence-corrected chi connectivity index (χ3v) is 10.1. The molecule has 46 heavy (non-hydrogen) atoms. The molecule has 14 heteroatoms. The fraction of sp³-hybridized carbons (Fsp3) is 0.375. The van der Waals surface area contributed by atoms with Crippen LogP contribution in [0.2, 0.25) is 5.02 Å². The fourth-order valence-corrected chi connectivity index (χ4v) is 6.89. The highest BCUT2D eigenvalue weighted by molar-refractivity contribution is 7.89. The van der Waals surface area contributed by atoms with Gasteiger partial charge in [-0.15, -0.1) is 12.4 Å². The number of sulfonamides is 1. The number of halogens is 2. The number of hydrogen-bond donors (Lipinski definition) is 0. The molecule has 1 amide bonds. The molecule has 1 aliphatic heterocycles. The molecule has 1 atom stereocenters. The topological polar surface area (TPSA) is 137 Å². The number of non-ortho nitro benzene ring substituents is 1. The molecule has 0 aliphatic carbocycles. The van der Waals surface area contributed by atoms with Crippen molar-refractivity contribution in [3.8, 4) is 6.07 Å². The number of hydrogen-bond acceptors (Lipinski definition) is 8. The Morgan fingerprint density at radius 2 is 1.78 bits per heavy atom. The Labute approximate surface area is 280 Å². The van der Waals surface area contributed by atoms with Gasteiger partial charge in [-0.25, -0.2) is 17.5 Å². The van der Waals surface area contributed by atoms with Crippen molar-refractivity contribution in [1.82, 2.24) is 14.1 Å². The summed E-state index contributed by atoms with van der Waals surface area (Å²) >= 11 is 6.30. The zero-order valence-corrected chi connectivity index (χ0v) is 27.8. The Balaban J connectivity index is 0.00000576. The molecule has 0 saturated carbocycles. The molecule has 0 radical (unpaired) electrons. The van der Waals surface area contributed by atoms with Crippen molar-refractivity contribution in [1.29, 1.82) is 5.26 Å². The van der Waals surface area contributed by atoms with E-state index in [9.17, 15) is 28.6 Å². The minimum Gasteiger partial charge on any atom is -0.445 e. The van der Waals surface area contributed by atoms with Gasteiger partial charge in [0.05, 0.1) is 15.9 Å². The lowest BCUT2D eigenvalue weighted by molar-refractivity contribution is -0.384. The first-order valence-electron chi connectivity index (χ1n) is 14.6. The predicted octanol–water partition coefficient (Wildman–Crippen LogP) is 6.09. The van der Waals surface area contributed by atoms with E-state index in [0.29, 0.717) is 49.5 Å². The number of nitriles is 1. The molecule has 1 heterocycles. The number of likely N-dealkylation sites (tertiary alicyclic amines) is 1. The number of piperidine rings is 1. The molecular formula is C32H37Cl2N5O6S. The highest BCUT2D eigenvalue weighted by atomic mass is 35.5. The smallest absolute Gasteiger partial charge is 0.411 e. The van der Waals surface area contributed by atoms with Gasteiger partial charge in [0.15, 0.2) is 0 Å². The standard InChI is InChI=1S/C32H36ClN5O6S.ClH/c1-35(45(42,43)31-8-3-2-4-9-31)23-27(26-6-5-7-28(33)22-26)14-18-36-19-15-29(16-20-36)37(21-17-34)32(39)44-24-25-10-12-30(13-11-25)38(40)41;/h2-13,22,27,29H,14-16,18-21,23-24H2,1H3;1H. The second-order valence-corrected chi connectivity index (χ2v) is 13.5. The predicted molar refractivity (Wildman–Crippen MR) is 177 cm³/mol. The first-order chi connectivity index (χ1) is 21.6. The fourth-order valence-electron chi connectivity index (χ4n) is 5.46. The molecule has 1 saturated heterocycles. The van der Waals surface area contributed by atoms with Crippen molar-refractivity contribution in [3.05, 3.63) is 105 Å². The Kier molecular flexibility index (Phi) is 13.8. The van der Waals surface area contributed by atoms with Crippen LogP contribution in [0.25, 0.3) is 0 Å². The number of carbonyl (C=O) groups excluding carboxylic acids is 1. The summed E-state index contributed by atoms with van der Waals surface area (Å²) in [5.74, 6) is -0.102. The number of nitro groups is 1. The number of nitrogens with zero attached hydrogens (tertiary/aromatic N) is 5. The minimum atomic E-state index is -3.67. The Morgan fingerprint density at radius 3 is 2.39 bits per heavy atom. The molecule has 4 rings (SSSR count). The number of amides is 1. The summed E-state index contributed by atoms with van der Waals surface area (Å²) in [5, 5.41) is 20.8. The lowest BCUT2D eigenvalue weighted by Crippen LogP contribution is -2.48. The third-order valence-electron chi connectivity index (χ3n) is 8.03. The molecule has 0 aromatic heterocycles. The van der Waals surface area contributed by atoms with Gasteiger partial charge in [0, 0.05) is 49.9 Å². The van der Waals surface area contributed by atoms with E-state index in [1.165, 1.54) is 33.5 Å². The number of ether oxygens (including phenoxy) is 1. The van der Waals surface area contributed by atoms with Crippen molar-refractivity contribution >= 4 is 45.8 Å². The van der Waals surface area contributed by atoms with Crippen LogP contribution in [0.5, 0.6) is 0 Å². The van der Waals surface area contributed by atoms with Crippen LogP contribution in [0, 0.1) is 21.4 Å². The summed E-state index contributed by atoms with van der Waals surface area (Å²) in [6.07, 6.45) is 1.40. The van der Waals surface area contributed by atoms with E-state index < -0.39 is 21.0 Å². The lowest BCUT2D eigenvalue weighted by atomic mass is 9.94. The van der Waals surface area contributed by atoms with Crippen LogP contribution in [-0.4, -0.2) is 79.4 Å². The Bertz CT molecular complexity index is 1600. The van der Waals surface area contributed by atoms with Gasteiger partial charge >= 0.3 is 6.09 Å². The molecular weight excluding hydrogens is 653 g/mol. The normalized spacial score (nSPS) is 14.6. The van der Waals surface area contributed by atoms with Gasteiger partial charge in [0.1, 0.15) is 13.2 Å². The number of likely N-dealkylation sites (N-methyl/N-ethyl adjacent to an activating group) is 1. The first kappa shape index (κ1) is 36.7. The van der Waals surface area contributed by atoms with Crippen molar-refractivity contribution in [2.75, 3.05) is 39.8 Å². The quantitative estimate of drug-likeness (QED) is 0.119. The largest absolute Gasteiger partial charge is 0.445 e. The summed E-state index contributed by atoms with van der Waals surface area (Å²) in [7, 11) is -2.08. The minimum absolute atomic E-state index is 0. The molecule has 246 valence electrons. The van der Waals surface area contributed by atoms with Crippen LogP contribution in [0.4, 0.5) is 10.5 Å². The van der Waals surface area contributed by atoms with Gasteiger partial charge in [-0.2, -0.15) is 5.26 Å². The van der Waals surface area contributed by atoms with E-state index in [1.807, 2.05) is 18.2 Å². The number of rotatable bonds is 13.